The van der Waals surface area contributed by atoms with E-state index in [0.29, 0.717) is 11.2 Å². The molecule has 5 heteroatoms. The van der Waals surface area contributed by atoms with Crippen LogP contribution in [0.15, 0.2) is 18.2 Å². The van der Waals surface area contributed by atoms with E-state index in [1.165, 1.54) is 6.92 Å². The van der Waals surface area contributed by atoms with Gasteiger partial charge < -0.3 is 14.4 Å². The molecule has 0 spiro atoms. The summed E-state index contributed by atoms with van der Waals surface area (Å²) in [5.74, 6) is 0.629. The van der Waals surface area contributed by atoms with Crippen molar-refractivity contribution in [3.63, 3.8) is 0 Å². The highest BCUT2D eigenvalue weighted by Gasteiger charge is 2.37. The molecule has 84 valence electrons. The summed E-state index contributed by atoms with van der Waals surface area (Å²) in [6.45, 7) is 1.51. The number of carbonyl (C=O) groups is 1. The standard InChI is InChI=1S/C11H13BO4/c1-7(13)6-10-8-4-3-5-9(15-2)11(8)12(14)16-10/h3-5,10,14H,6H2,1-2H3. The molecule has 1 aliphatic rings. The molecule has 16 heavy (non-hydrogen) atoms. The highest BCUT2D eigenvalue weighted by molar-refractivity contribution is 6.62. The van der Waals surface area contributed by atoms with E-state index in [9.17, 15) is 9.82 Å². The predicted octanol–water partition coefficient (Wildman–Crippen LogP) is 0.433. The van der Waals surface area contributed by atoms with Gasteiger partial charge in [-0.2, -0.15) is 0 Å². The Morgan fingerprint density at radius 3 is 3.00 bits per heavy atom. The van der Waals surface area contributed by atoms with Gasteiger partial charge in [0.05, 0.1) is 13.2 Å². The monoisotopic (exact) mass is 220 g/mol. The van der Waals surface area contributed by atoms with E-state index in [-0.39, 0.29) is 18.3 Å². The van der Waals surface area contributed by atoms with Gasteiger partial charge in [0.25, 0.3) is 0 Å². The third-order valence-corrected chi connectivity index (χ3v) is 2.68. The number of Topliss-reactive ketones (excluding diaryl/α,β-unsaturated/α-hetero) is 1. The Morgan fingerprint density at radius 2 is 2.38 bits per heavy atom. The van der Waals surface area contributed by atoms with Gasteiger partial charge in [-0.3, -0.25) is 4.79 Å². The zero-order valence-corrected chi connectivity index (χ0v) is 9.27. The molecule has 1 aromatic rings. The molecule has 1 aliphatic heterocycles. The summed E-state index contributed by atoms with van der Waals surface area (Å²) >= 11 is 0. The van der Waals surface area contributed by atoms with Crippen LogP contribution in [0.4, 0.5) is 0 Å². The molecule has 0 saturated carbocycles. The lowest BCUT2D eigenvalue weighted by Crippen LogP contribution is -2.29. The third-order valence-electron chi connectivity index (χ3n) is 2.68. The zero-order chi connectivity index (χ0) is 11.7. The fraction of sp³-hybridized carbons (Fsp3) is 0.364. The van der Waals surface area contributed by atoms with E-state index in [4.69, 9.17) is 9.39 Å². The lowest BCUT2D eigenvalue weighted by molar-refractivity contribution is -0.118. The fourth-order valence-corrected chi connectivity index (χ4v) is 2.00. The molecular formula is C11H13BO4. The topological polar surface area (TPSA) is 55.8 Å². The summed E-state index contributed by atoms with van der Waals surface area (Å²) in [5.41, 5.74) is 1.47. The van der Waals surface area contributed by atoms with Crippen LogP contribution < -0.4 is 10.2 Å². The highest BCUT2D eigenvalue weighted by Crippen LogP contribution is 2.29. The van der Waals surface area contributed by atoms with E-state index in [2.05, 4.69) is 0 Å². The van der Waals surface area contributed by atoms with Gasteiger partial charge in [0.1, 0.15) is 11.5 Å². The number of hydrogen-bond donors (Lipinski definition) is 1. The summed E-state index contributed by atoms with van der Waals surface area (Å²) in [6, 6.07) is 5.44. The minimum Gasteiger partial charge on any atom is -0.497 e. The molecule has 0 bridgehead atoms. The van der Waals surface area contributed by atoms with E-state index in [1.54, 1.807) is 13.2 Å². The minimum atomic E-state index is -1.00. The highest BCUT2D eigenvalue weighted by atomic mass is 16.5. The van der Waals surface area contributed by atoms with Gasteiger partial charge in [-0.25, -0.2) is 0 Å². The van der Waals surface area contributed by atoms with Crippen molar-refractivity contribution >= 4 is 18.4 Å². The van der Waals surface area contributed by atoms with E-state index in [0.717, 1.165) is 5.56 Å². The van der Waals surface area contributed by atoms with Gasteiger partial charge in [-0.05, 0) is 18.6 Å². The van der Waals surface area contributed by atoms with Crippen molar-refractivity contribution in [3.8, 4) is 5.75 Å². The number of rotatable bonds is 3. The van der Waals surface area contributed by atoms with Crippen LogP contribution in [-0.2, 0) is 9.45 Å². The van der Waals surface area contributed by atoms with Crippen LogP contribution >= 0.6 is 0 Å². The largest absolute Gasteiger partial charge is 0.497 e. The Kier molecular flexibility index (Phi) is 2.98. The van der Waals surface area contributed by atoms with Crippen LogP contribution in [-0.4, -0.2) is 25.0 Å². The number of methoxy groups -OCH3 is 1. The second kappa shape index (κ2) is 4.27. The number of carbonyl (C=O) groups excluding carboxylic acids is 1. The number of hydrogen-bond acceptors (Lipinski definition) is 4. The van der Waals surface area contributed by atoms with Gasteiger partial charge in [-0.1, -0.05) is 12.1 Å². The summed E-state index contributed by atoms with van der Waals surface area (Å²) in [5, 5.41) is 9.76. The Hall–Kier alpha value is -1.33. The quantitative estimate of drug-likeness (QED) is 0.750. The van der Waals surface area contributed by atoms with Crippen LogP contribution in [0, 0.1) is 0 Å². The lowest BCUT2D eigenvalue weighted by atomic mass is 9.78. The van der Waals surface area contributed by atoms with Gasteiger partial charge in [0.15, 0.2) is 0 Å². The molecule has 1 aromatic carbocycles. The average molecular weight is 220 g/mol. The maximum atomic E-state index is 11.1. The first-order valence-corrected chi connectivity index (χ1v) is 5.13. The van der Waals surface area contributed by atoms with E-state index >= 15 is 0 Å². The molecule has 2 rings (SSSR count). The van der Waals surface area contributed by atoms with Gasteiger partial charge in [0.2, 0.25) is 0 Å². The Morgan fingerprint density at radius 1 is 1.62 bits per heavy atom. The molecule has 1 unspecified atom stereocenters. The third kappa shape index (κ3) is 1.84. The van der Waals surface area contributed by atoms with Crippen LogP contribution in [0.5, 0.6) is 5.75 Å². The van der Waals surface area contributed by atoms with Crippen molar-refractivity contribution in [1.29, 1.82) is 0 Å². The zero-order valence-electron chi connectivity index (χ0n) is 9.27. The molecule has 0 amide bonds. The molecule has 1 heterocycles. The van der Waals surface area contributed by atoms with Crippen molar-refractivity contribution in [3.05, 3.63) is 23.8 Å². The summed E-state index contributed by atoms with van der Waals surface area (Å²) in [4.78, 5) is 11.1. The first kappa shape index (κ1) is 11.2. The van der Waals surface area contributed by atoms with E-state index < -0.39 is 7.12 Å². The fourth-order valence-electron chi connectivity index (χ4n) is 2.00. The van der Waals surface area contributed by atoms with Gasteiger partial charge in [-0.15, -0.1) is 0 Å². The van der Waals surface area contributed by atoms with Crippen LogP contribution in [0.3, 0.4) is 0 Å². The second-order valence-corrected chi connectivity index (χ2v) is 3.85. The summed E-state index contributed by atoms with van der Waals surface area (Å²) in [7, 11) is 0.538. The number of ketones is 1. The summed E-state index contributed by atoms with van der Waals surface area (Å²) < 4.78 is 10.5. The molecule has 0 aliphatic carbocycles. The lowest BCUT2D eigenvalue weighted by Gasteiger charge is -2.10. The molecule has 0 fully saturated rings. The number of fused-ring (bicyclic) bond motifs is 1. The molecular weight excluding hydrogens is 207 g/mol. The molecule has 0 saturated heterocycles. The Balaban J connectivity index is 2.39. The molecule has 4 nitrogen and oxygen atoms in total. The van der Waals surface area contributed by atoms with Crippen LogP contribution in [0.25, 0.3) is 0 Å². The van der Waals surface area contributed by atoms with Crippen molar-refractivity contribution in [2.24, 2.45) is 0 Å². The summed E-state index contributed by atoms with van der Waals surface area (Å²) in [6.07, 6.45) is -0.0883. The Labute approximate surface area is 94.3 Å². The number of ether oxygens (including phenoxy) is 1. The SMILES string of the molecule is COc1cccc2c1B(O)OC2CC(C)=O. The second-order valence-electron chi connectivity index (χ2n) is 3.85. The first-order chi connectivity index (χ1) is 7.63. The van der Waals surface area contributed by atoms with E-state index in [1.807, 2.05) is 12.1 Å². The number of benzene rings is 1. The van der Waals surface area contributed by atoms with Gasteiger partial charge >= 0.3 is 7.12 Å². The minimum absolute atomic E-state index is 0.0351. The van der Waals surface area contributed by atoms with Crippen molar-refractivity contribution in [2.75, 3.05) is 7.11 Å². The maximum absolute atomic E-state index is 11.1. The van der Waals surface area contributed by atoms with Crippen molar-refractivity contribution in [2.45, 2.75) is 19.4 Å². The van der Waals surface area contributed by atoms with Crippen molar-refractivity contribution < 1.29 is 19.2 Å². The molecule has 0 radical (unpaired) electrons. The van der Waals surface area contributed by atoms with Crippen molar-refractivity contribution in [1.82, 2.24) is 0 Å². The molecule has 1 atom stereocenters. The maximum Gasteiger partial charge on any atom is 0.495 e. The van der Waals surface area contributed by atoms with Gasteiger partial charge in [0, 0.05) is 11.9 Å². The molecule has 1 N–H and O–H groups in total. The Bertz CT molecular complexity index is 418. The predicted molar refractivity (Wildman–Crippen MR) is 59.7 cm³/mol. The smallest absolute Gasteiger partial charge is 0.495 e. The molecule has 0 aromatic heterocycles. The van der Waals surface area contributed by atoms with Crippen LogP contribution in [0.2, 0.25) is 0 Å². The normalized spacial score (nSPS) is 18.4. The first-order valence-electron chi connectivity index (χ1n) is 5.13. The average Bonchev–Trinajstić information content (AvgIpc) is 2.55. The van der Waals surface area contributed by atoms with Crippen LogP contribution in [0.1, 0.15) is 25.0 Å².